The van der Waals surface area contributed by atoms with E-state index >= 15 is 0 Å². The average Bonchev–Trinajstić information content (AvgIpc) is 2.47. The molecule has 3 nitrogen and oxygen atoms in total. The van der Waals surface area contributed by atoms with Gasteiger partial charge in [-0.3, -0.25) is 9.80 Å². The van der Waals surface area contributed by atoms with E-state index in [1.807, 2.05) is 0 Å². The van der Waals surface area contributed by atoms with Crippen molar-refractivity contribution in [2.45, 2.75) is 77.9 Å². The summed E-state index contributed by atoms with van der Waals surface area (Å²) >= 11 is 0. The molecule has 1 aliphatic carbocycles. The van der Waals surface area contributed by atoms with E-state index in [4.69, 9.17) is 0 Å². The second-order valence-electron chi connectivity index (χ2n) is 7.66. The summed E-state index contributed by atoms with van der Waals surface area (Å²) < 4.78 is 0. The lowest BCUT2D eigenvalue weighted by Crippen LogP contribution is -2.58. The van der Waals surface area contributed by atoms with E-state index in [2.05, 4.69) is 43.6 Å². The van der Waals surface area contributed by atoms with Gasteiger partial charge in [0.2, 0.25) is 0 Å². The third-order valence-corrected chi connectivity index (χ3v) is 5.77. The molecule has 0 spiro atoms. The lowest BCUT2D eigenvalue weighted by molar-refractivity contribution is 0.00980. The van der Waals surface area contributed by atoms with Gasteiger partial charge in [0.1, 0.15) is 0 Å². The molecule has 0 aromatic heterocycles. The minimum atomic E-state index is 0.451. The number of nitriles is 1. The van der Waals surface area contributed by atoms with E-state index in [0.29, 0.717) is 18.5 Å². The molecule has 0 amide bonds. The summed E-state index contributed by atoms with van der Waals surface area (Å²) in [6.45, 7) is 12.7. The third-order valence-electron chi connectivity index (χ3n) is 5.77. The molecule has 0 N–H and O–H groups in total. The van der Waals surface area contributed by atoms with Crippen LogP contribution in [-0.4, -0.2) is 47.6 Å². The fourth-order valence-corrected chi connectivity index (χ4v) is 4.23. The summed E-state index contributed by atoms with van der Waals surface area (Å²) in [5, 5.41) is 9.18. The highest BCUT2D eigenvalue weighted by Gasteiger charge is 2.34. The van der Waals surface area contributed by atoms with Gasteiger partial charge in [-0.05, 0) is 51.4 Å². The fourth-order valence-electron chi connectivity index (χ4n) is 4.23. The molecule has 0 aromatic rings. The van der Waals surface area contributed by atoms with Crippen LogP contribution >= 0.6 is 0 Å². The third kappa shape index (κ3) is 4.20. The first-order valence-electron chi connectivity index (χ1n) is 8.89. The molecule has 1 saturated carbocycles. The first kappa shape index (κ1) is 16.8. The Hall–Kier alpha value is -0.590. The van der Waals surface area contributed by atoms with Crippen molar-refractivity contribution in [3.8, 4) is 6.07 Å². The van der Waals surface area contributed by atoms with Crippen LogP contribution in [0.5, 0.6) is 0 Å². The molecule has 2 fully saturated rings. The first-order valence-corrected chi connectivity index (χ1v) is 8.89. The van der Waals surface area contributed by atoms with Gasteiger partial charge in [-0.15, -0.1) is 0 Å². The van der Waals surface area contributed by atoms with Gasteiger partial charge in [0.05, 0.1) is 12.5 Å². The average molecular weight is 291 g/mol. The molecule has 1 atom stereocenters. The zero-order chi connectivity index (χ0) is 15.4. The molecular weight excluding hydrogens is 258 g/mol. The molecule has 2 aliphatic rings. The van der Waals surface area contributed by atoms with Crippen LogP contribution in [0.1, 0.15) is 59.8 Å². The second-order valence-corrected chi connectivity index (χ2v) is 7.66. The van der Waals surface area contributed by atoms with Crippen LogP contribution in [0, 0.1) is 23.2 Å². The van der Waals surface area contributed by atoms with Crippen molar-refractivity contribution < 1.29 is 0 Å². The second kappa shape index (κ2) is 7.61. The van der Waals surface area contributed by atoms with E-state index in [1.165, 1.54) is 32.2 Å². The Morgan fingerprint density at radius 3 is 2.24 bits per heavy atom. The van der Waals surface area contributed by atoms with Crippen LogP contribution in [0.15, 0.2) is 0 Å². The maximum Gasteiger partial charge on any atom is 0.0638 e. The van der Waals surface area contributed by atoms with Crippen LogP contribution in [0.3, 0.4) is 0 Å². The zero-order valence-electron chi connectivity index (χ0n) is 14.4. The molecule has 0 radical (unpaired) electrons. The Morgan fingerprint density at radius 2 is 1.71 bits per heavy atom. The summed E-state index contributed by atoms with van der Waals surface area (Å²) in [6, 6.07) is 4.21. The molecule has 2 rings (SSSR count). The molecule has 0 aromatic carbocycles. The number of hydrogen-bond donors (Lipinski definition) is 0. The predicted octanol–water partition coefficient (Wildman–Crippen LogP) is 3.51. The molecule has 1 heterocycles. The van der Waals surface area contributed by atoms with Crippen molar-refractivity contribution in [1.82, 2.24) is 9.80 Å². The van der Waals surface area contributed by atoms with E-state index in [9.17, 15) is 5.26 Å². The SMILES string of the molecule is CC(C)C1CCC(N2CCN(C(C)C)C[C@@H]2CC#N)CC1. The number of rotatable bonds is 4. The molecule has 21 heavy (non-hydrogen) atoms. The summed E-state index contributed by atoms with van der Waals surface area (Å²) in [7, 11) is 0. The summed E-state index contributed by atoms with van der Waals surface area (Å²) in [5.74, 6) is 1.76. The molecule has 1 aliphatic heterocycles. The van der Waals surface area contributed by atoms with Crippen LogP contribution in [-0.2, 0) is 0 Å². The van der Waals surface area contributed by atoms with Crippen molar-refractivity contribution in [2.75, 3.05) is 19.6 Å². The Bertz CT molecular complexity index is 350. The normalized spacial score (nSPS) is 32.5. The highest BCUT2D eigenvalue weighted by Crippen LogP contribution is 2.34. The maximum absolute atomic E-state index is 9.18. The van der Waals surface area contributed by atoms with Crippen molar-refractivity contribution in [3.05, 3.63) is 0 Å². The van der Waals surface area contributed by atoms with Crippen LogP contribution < -0.4 is 0 Å². The zero-order valence-corrected chi connectivity index (χ0v) is 14.4. The standard InChI is InChI=1S/C18H33N3/c1-14(2)16-5-7-17(8-6-16)21-12-11-20(15(3)4)13-18(21)9-10-19/h14-18H,5-9,11-13H2,1-4H3/t16?,17?,18-/m0/s1. The molecule has 1 saturated heterocycles. The number of piperazine rings is 1. The smallest absolute Gasteiger partial charge is 0.0638 e. The molecule has 0 unspecified atom stereocenters. The largest absolute Gasteiger partial charge is 0.298 e. The van der Waals surface area contributed by atoms with Gasteiger partial charge < -0.3 is 0 Å². The number of hydrogen-bond acceptors (Lipinski definition) is 3. The molecular formula is C18H33N3. The monoisotopic (exact) mass is 291 g/mol. The summed E-state index contributed by atoms with van der Waals surface area (Å²) in [6.07, 6.45) is 6.13. The highest BCUT2D eigenvalue weighted by molar-refractivity contribution is 4.94. The van der Waals surface area contributed by atoms with E-state index in [0.717, 1.165) is 31.0 Å². The Morgan fingerprint density at radius 1 is 1.05 bits per heavy atom. The van der Waals surface area contributed by atoms with E-state index in [-0.39, 0.29) is 0 Å². The topological polar surface area (TPSA) is 30.3 Å². The van der Waals surface area contributed by atoms with Gasteiger partial charge in [0, 0.05) is 37.8 Å². The number of nitrogens with zero attached hydrogens (tertiary/aromatic N) is 3. The summed E-state index contributed by atoms with van der Waals surface area (Å²) in [4.78, 5) is 5.22. The van der Waals surface area contributed by atoms with Crippen molar-refractivity contribution in [1.29, 1.82) is 5.26 Å². The van der Waals surface area contributed by atoms with Gasteiger partial charge in [-0.25, -0.2) is 0 Å². The van der Waals surface area contributed by atoms with E-state index < -0.39 is 0 Å². The Balaban J connectivity index is 1.94. The Kier molecular flexibility index (Phi) is 6.08. The van der Waals surface area contributed by atoms with Gasteiger partial charge in [-0.1, -0.05) is 13.8 Å². The van der Waals surface area contributed by atoms with Gasteiger partial charge in [-0.2, -0.15) is 5.26 Å². The molecule has 0 bridgehead atoms. The molecule has 120 valence electrons. The van der Waals surface area contributed by atoms with Gasteiger partial charge >= 0.3 is 0 Å². The van der Waals surface area contributed by atoms with Crippen LogP contribution in [0.2, 0.25) is 0 Å². The summed E-state index contributed by atoms with van der Waals surface area (Å²) in [5.41, 5.74) is 0. The van der Waals surface area contributed by atoms with Crippen molar-refractivity contribution >= 4 is 0 Å². The predicted molar refractivity (Wildman–Crippen MR) is 88.0 cm³/mol. The van der Waals surface area contributed by atoms with Crippen LogP contribution in [0.4, 0.5) is 0 Å². The first-order chi connectivity index (χ1) is 10.0. The van der Waals surface area contributed by atoms with Crippen LogP contribution in [0.25, 0.3) is 0 Å². The lowest BCUT2D eigenvalue weighted by atomic mass is 9.78. The van der Waals surface area contributed by atoms with Crippen molar-refractivity contribution in [3.63, 3.8) is 0 Å². The minimum absolute atomic E-state index is 0.451. The Labute approximate surface area is 131 Å². The minimum Gasteiger partial charge on any atom is -0.298 e. The van der Waals surface area contributed by atoms with Gasteiger partial charge in [0.15, 0.2) is 0 Å². The quantitative estimate of drug-likeness (QED) is 0.794. The van der Waals surface area contributed by atoms with Gasteiger partial charge in [0.25, 0.3) is 0 Å². The fraction of sp³-hybridized carbons (Fsp3) is 0.944. The maximum atomic E-state index is 9.18. The van der Waals surface area contributed by atoms with E-state index in [1.54, 1.807) is 0 Å². The molecule has 3 heteroatoms. The van der Waals surface area contributed by atoms with Crippen molar-refractivity contribution in [2.24, 2.45) is 11.8 Å². The highest BCUT2D eigenvalue weighted by atomic mass is 15.3. The lowest BCUT2D eigenvalue weighted by Gasteiger charge is -2.47.